The predicted molar refractivity (Wildman–Crippen MR) is 65.6 cm³/mol. The van der Waals surface area contributed by atoms with Crippen LogP contribution in [0.4, 0.5) is 0 Å². The van der Waals surface area contributed by atoms with Crippen LogP contribution >= 0.6 is 11.6 Å². The Morgan fingerprint density at radius 2 is 2.19 bits per heavy atom. The average molecular weight is 236 g/mol. The molecular weight excluding hydrogens is 222 g/mol. The second-order valence-electron chi connectivity index (χ2n) is 4.72. The van der Waals surface area contributed by atoms with E-state index in [0.29, 0.717) is 5.17 Å². The summed E-state index contributed by atoms with van der Waals surface area (Å²) < 4.78 is 6.04. The molecule has 1 heterocycles. The number of nitrogens with zero attached hydrogens (tertiary/aromatic N) is 1. The zero-order valence-corrected chi connectivity index (χ0v) is 10.2. The first-order valence-electron chi connectivity index (χ1n) is 5.64. The lowest BCUT2D eigenvalue weighted by Crippen LogP contribution is -2.28. The zero-order valence-electron chi connectivity index (χ0n) is 9.46. The normalized spacial score (nSPS) is 25.4. The molecule has 1 aliphatic heterocycles. The molecule has 1 saturated carbocycles. The van der Waals surface area contributed by atoms with Crippen LogP contribution in [-0.4, -0.2) is 16.8 Å². The molecule has 1 aromatic carbocycles. The molecule has 1 unspecified atom stereocenters. The van der Waals surface area contributed by atoms with E-state index in [4.69, 9.17) is 16.3 Å². The molecule has 0 N–H and O–H groups in total. The number of aryl methyl sites for hydroxylation is 1. The second kappa shape index (κ2) is 3.24. The highest BCUT2D eigenvalue weighted by Crippen LogP contribution is 2.47. The first-order valence-corrected chi connectivity index (χ1v) is 6.02. The van der Waals surface area contributed by atoms with Crippen molar-refractivity contribution in [2.75, 3.05) is 0 Å². The van der Waals surface area contributed by atoms with Crippen molar-refractivity contribution in [3.8, 4) is 5.75 Å². The van der Waals surface area contributed by atoms with Crippen LogP contribution in [0, 0.1) is 6.92 Å². The first-order chi connectivity index (χ1) is 7.62. The number of ether oxygens (including phenoxy) is 1. The van der Waals surface area contributed by atoms with Gasteiger partial charge in [-0.25, -0.2) is 0 Å². The maximum absolute atomic E-state index is 6.28. The van der Waals surface area contributed by atoms with Crippen LogP contribution < -0.4 is 4.74 Å². The number of hydrogen-bond donors (Lipinski definition) is 0. The van der Waals surface area contributed by atoms with E-state index < -0.39 is 0 Å². The first kappa shape index (κ1) is 10.2. The summed E-state index contributed by atoms with van der Waals surface area (Å²) in [6, 6.07) is 6.01. The van der Waals surface area contributed by atoms with Gasteiger partial charge in [0.25, 0.3) is 0 Å². The Balaban J connectivity index is 2.16. The van der Waals surface area contributed by atoms with E-state index in [1.54, 1.807) is 0 Å². The van der Waals surface area contributed by atoms with Gasteiger partial charge in [-0.3, -0.25) is 4.99 Å². The summed E-state index contributed by atoms with van der Waals surface area (Å²) in [4.78, 5) is 4.64. The zero-order chi connectivity index (χ0) is 11.3. The van der Waals surface area contributed by atoms with E-state index in [1.807, 2.05) is 25.1 Å². The van der Waals surface area contributed by atoms with E-state index in [2.05, 4.69) is 11.9 Å². The van der Waals surface area contributed by atoms with Gasteiger partial charge in [-0.15, -0.1) is 0 Å². The van der Waals surface area contributed by atoms with Crippen molar-refractivity contribution in [1.82, 2.24) is 0 Å². The Hall–Kier alpha value is -1.02. The third-order valence-corrected chi connectivity index (χ3v) is 3.86. The monoisotopic (exact) mass is 235 g/mol. The van der Waals surface area contributed by atoms with Gasteiger partial charge >= 0.3 is 0 Å². The summed E-state index contributed by atoms with van der Waals surface area (Å²) >= 11 is 6.28. The third-order valence-electron chi connectivity index (χ3n) is 3.57. The highest BCUT2D eigenvalue weighted by Gasteiger charge is 2.51. The standard InChI is InChI=1S/C13H14ClNO/c1-8-4-3-5-10-11(8)16-9(2)13(6-7-13)15-12(10)14/h3-5,9H,6-7H2,1-2H3. The lowest BCUT2D eigenvalue weighted by atomic mass is 10.1. The van der Waals surface area contributed by atoms with Crippen molar-refractivity contribution < 1.29 is 4.74 Å². The molecule has 84 valence electrons. The van der Waals surface area contributed by atoms with Crippen LogP contribution in [0.1, 0.15) is 30.9 Å². The van der Waals surface area contributed by atoms with Crippen LogP contribution in [0.25, 0.3) is 0 Å². The van der Waals surface area contributed by atoms with Crippen LogP contribution in [-0.2, 0) is 0 Å². The Bertz CT molecular complexity index is 477. The lowest BCUT2D eigenvalue weighted by Gasteiger charge is -2.19. The molecule has 16 heavy (non-hydrogen) atoms. The summed E-state index contributed by atoms with van der Waals surface area (Å²) in [5, 5.41) is 0.598. The molecule has 3 rings (SSSR count). The molecule has 1 aliphatic carbocycles. The second-order valence-corrected chi connectivity index (χ2v) is 5.08. The topological polar surface area (TPSA) is 21.6 Å². The van der Waals surface area contributed by atoms with E-state index in [0.717, 1.165) is 29.7 Å². The SMILES string of the molecule is Cc1cccc2c1OC(C)C1(CC1)N=C2Cl. The molecule has 0 saturated heterocycles. The van der Waals surface area contributed by atoms with Crippen LogP contribution in [0.2, 0.25) is 0 Å². The maximum Gasteiger partial charge on any atom is 0.135 e. The molecular formula is C13H14ClNO. The molecule has 2 aliphatic rings. The van der Waals surface area contributed by atoms with Gasteiger partial charge in [0.2, 0.25) is 0 Å². The van der Waals surface area contributed by atoms with Crippen LogP contribution in [0.15, 0.2) is 23.2 Å². The maximum atomic E-state index is 6.28. The highest BCUT2D eigenvalue weighted by atomic mass is 35.5. The number of rotatable bonds is 0. The fourth-order valence-electron chi connectivity index (χ4n) is 2.25. The van der Waals surface area contributed by atoms with Gasteiger partial charge in [0.05, 0.1) is 11.1 Å². The predicted octanol–water partition coefficient (Wildman–Crippen LogP) is 3.29. The summed E-state index contributed by atoms with van der Waals surface area (Å²) in [6.45, 7) is 4.13. The molecule has 1 spiro atoms. The minimum absolute atomic E-state index is 0.0530. The van der Waals surface area contributed by atoms with E-state index in [-0.39, 0.29) is 11.6 Å². The summed E-state index contributed by atoms with van der Waals surface area (Å²) in [6.07, 6.45) is 2.28. The molecule has 1 aromatic rings. The molecule has 0 amide bonds. The quantitative estimate of drug-likeness (QED) is 0.676. The summed E-state index contributed by atoms with van der Waals surface area (Å²) in [5.74, 6) is 0.896. The van der Waals surface area contributed by atoms with E-state index in [1.165, 1.54) is 0 Å². The van der Waals surface area contributed by atoms with Crippen molar-refractivity contribution in [2.45, 2.75) is 38.3 Å². The molecule has 2 nitrogen and oxygen atoms in total. The lowest BCUT2D eigenvalue weighted by molar-refractivity contribution is 0.182. The van der Waals surface area contributed by atoms with Gasteiger partial charge in [0, 0.05) is 0 Å². The number of fused-ring (bicyclic) bond motifs is 1. The van der Waals surface area contributed by atoms with Gasteiger partial charge in [-0.2, -0.15) is 0 Å². The van der Waals surface area contributed by atoms with E-state index in [9.17, 15) is 0 Å². The minimum Gasteiger partial charge on any atom is -0.487 e. The number of hydrogen-bond acceptors (Lipinski definition) is 2. The molecule has 0 aromatic heterocycles. The minimum atomic E-state index is -0.0530. The Morgan fingerprint density at radius 1 is 1.44 bits per heavy atom. The fourth-order valence-corrected chi connectivity index (χ4v) is 2.57. The largest absolute Gasteiger partial charge is 0.487 e. The molecule has 0 bridgehead atoms. The van der Waals surface area contributed by atoms with Crippen molar-refractivity contribution >= 4 is 16.8 Å². The number of aliphatic imine (C=N–C) groups is 1. The number of para-hydroxylation sites is 1. The summed E-state index contributed by atoms with van der Waals surface area (Å²) in [7, 11) is 0. The average Bonchev–Trinajstić information content (AvgIpc) is 3.01. The van der Waals surface area contributed by atoms with Gasteiger partial charge in [0.1, 0.15) is 17.0 Å². The summed E-state index contributed by atoms with van der Waals surface area (Å²) in [5.41, 5.74) is 2.00. The van der Waals surface area contributed by atoms with Crippen molar-refractivity contribution in [3.63, 3.8) is 0 Å². The number of halogens is 1. The number of benzene rings is 1. The van der Waals surface area contributed by atoms with Crippen LogP contribution in [0.5, 0.6) is 5.75 Å². The van der Waals surface area contributed by atoms with Gasteiger partial charge in [0.15, 0.2) is 0 Å². The Kier molecular flexibility index (Phi) is 2.05. The third kappa shape index (κ3) is 1.36. The molecule has 1 fully saturated rings. The van der Waals surface area contributed by atoms with Gasteiger partial charge < -0.3 is 4.74 Å². The molecule has 1 atom stereocenters. The molecule has 0 radical (unpaired) electrons. The van der Waals surface area contributed by atoms with Gasteiger partial charge in [-0.1, -0.05) is 23.7 Å². The Labute approximate surface area is 100 Å². The van der Waals surface area contributed by atoms with Crippen molar-refractivity contribution in [3.05, 3.63) is 29.3 Å². The highest BCUT2D eigenvalue weighted by molar-refractivity contribution is 6.70. The molecule has 3 heteroatoms. The smallest absolute Gasteiger partial charge is 0.135 e. The van der Waals surface area contributed by atoms with Gasteiger partial charge in [-0.05, 0) is 38.3 Å². The van der Waals surface area contributed by atoms with Crippen molar-refractivity contribution in [1.29, 1.82) is 0 Å². The fraction of sp³-hybridized carbons (Fsp3) is 0.462. The van der Waals surface area contributed by atoms with Crippen LogP contribution in [0.3, 0.4) is 0 Å². The Morgan fingerprint density at radius 3 is 2.88 bits per heavy atom. The van der Waals surface area contributed by atoms with Crippen molar-refractivity contribution in [2.24, 2.45) is 4.99 Å². The van der Waals surface area contributed by atoms with E-state index >= 15 is 0 Å².